The molecule has 3 rings (SSSR count). The van der Waals surface area contributed by atoms with Gasteiger partial charge in [0, 0.05) is 24.0 Å². The van der Waals surface area contributed by atoms with Gasteiger partial charge in [-0.05, 0) is 30.5 Å². The van der Waals surface area contributed by atoms with Crippen LogP contribution in [0.5, 0.6) is 0 Å². The van der Waals surface area contributed by atoms with Crippen LogP contribution < -0.4 is 10.6 Å². The fourth-order valence-corrected chi connectivity index (χ4v) is 2.74. The molecule has 0 amide bonds. The predicted molar refractivity (Wildman–Crippen MR) is 85.1 cm³/mol. The molecule has 1 atom stereocenters. The molecule has 0 bridgehead atoms. The molecule has 5 nitrogen and oxygen atoms in total. The van der Waals surface area contributed by atoms with Crippen molar-refractivity contribution in [2.24, 2.45) is 5.73 Å². The smallest absolute Gasteiger partial charge is 0.318 e. The first-order valence-corrected chi connectivity index (χ1v) is 7.17. The molecule has 1 aromatic carbocycles. The average Bonchev–Trinajstić information content (AvgIpc) is 2.97. The molecule has 0 aliphatic carbocycles. The van der Waals surface area contributed by atoms with Crippen LogP contribution in [-0.4, -0.2) is 23.3 Å². The van der Waals surface area contributed by atoms with E-state index >= 15 is 0 Å². The number of hydrogen-bond acceptors (Lipinski definition) is 5. The van der Waals surface area contributed by atoms with Crippen molar-refractivity contribution in [2.45, 2.75) is 25.3 Å². The summed E-state index contributed by atoms with van der Waals surface area (Å²) in [6, 6.07) is 8.64. The fourth-order valence-electron chi connectivity index (χ4n) is 2.61. The van der Waals surface area contributed by atoms with Crippen LogP contribution in [0.25, 0.3) is 0 Å². The minimum absolute atomic E-state index is 0. The van der Waals surface area contributed by atoms with E-state index in [2.05, 4.69) is 27.2 Å². The zero-order valence-electron chi connectivity index (χ0n) is 11.5. The molecular formula is C14H18Cl2N4O. The van der Waals surface area contributed by atoms with Crippen LogP contribution in [0.2, 0.25) is 5.02 Å². The molecular weight excluding hydrogens is 311 g/mol. The highest BCUT2D eigenvalue weighted by Gasteiger charge is 2.24. The number of nitrogens with two attached hydrogens (primary N) is 1. The van der Waals surface area contributed by atoms with Crippen molar-refractivity contribution >= 4 is 30.0 Å². The molecule has 21 heavy (non-hydrogen) atoms. The molecule has 0 saturated carbocycles. The minimum Gasteiger partial charge on any atom is -0.407 e. The highest BCUT2D eigenvalue weighted by molar-refractivity contribution is 6.30. The van der Waals surface area contributed by atoms with E-state index in [9.17, 15) is 0 Å². The van der Waals surface area contributed by atoms with E-state index in [-0.39, 0.29) is 19.0 Å². The molecule has 1 fully saturated rings. The standard InChI is InChI=1S/C14H17ClN4O.ClH/c15-12-5-3-10(4-6-12)11-2-1-7-19(9-11)14-18-17-13(8-16)20-14;/h3-6,11H,1-2,7-9,16H2;1H. The molecule has 2 heterocycles. The Balaban J connectivity index is 0.00000161. The average molecular weight is 329 g/mol. The number of benzene rings is 1. The number of piperidine rings is 1. The van der Waals surface area contributed by atoms with Crippen LogP contribution >= 0.6 is 24.0 Å². The first kappa shape index (κ1) is 16.1. The molecule has 1 aromatic heterocycles. The fraction of sp³-hybridized carbons (Fsp3) is 0.429. The normalized spacial score (nSPS) is 18.4. The molecule has 0 spiro atoms. The van der Waals surface area contributed by atoms with E-state index in [1.807, 2.05) is 12.1 Å². The van der Waals surface area contributed by atoms with E-state index in [1.54, 1.807) is 0 Å². The Kier molecular flexibility index (Phi) is 5.45. The number of halogens is 2. The van der Waals surface area contributed by atoms with E-state index in [0.717, 1.165) is 31.0 Å². The zero-order chi connectivity index (χ0) is 13.9. The lowest BCUT2D eigenvalue weighted by Crippen LogP contribution is -2.34. The lowest BCUT2D eigenvalue weighted by atomic mass is 9.91. The number of rotatable bonds is 3. The number of nitrogens with zero attached hydrogens (tertiary/aromatic N) is 3. The molecule has 7 heteroatoms. The van der Waals surface area contributed by atoms with E-state index in [0.29, 0.717) is 17.8 Å². The molecule has 0 radical (unpaired) electrons. The number of anilines is 1. The van der Waals surface area contributed by atoms with Crippen molar-refractivity contribution in [3.05, 3.63) is 40.7 Å². The Morgan fingerprint density at radius 1 is 1.29 bits per heavy atom. The van der Waals surface area contributed by atoms with Gasteiger partial charge in [0.05, 0.1) is 6.54 Å². The lowest BCUT2D eigenvalue weighted by molar-refractivity contribution is 0.442. The molecule has 1 saturated heterocycles. The first-order valence-electron chi connectivity index (χ1n) is 6.79. The van der Waals surface area contributed by atoms with Crippen LogP contribution in [0.1, 0.15) is 30.2 Å². The number of aromatic nitrogens is 2. The van der Waals surface area contributed by atoms with Gasteiger partial charge in [-0.3, -0.25) is 0 Å². The predicted octanol–water partition coefficient (Wildman–Crippen LogP) is 2.99. The summed E-state index contributed by atoms with van der Waals surface area (Å²) >= 11 is 5.94. The molecule has 1 aliphatic rings. The maximum atomic E-state index is 5.94. The largest absolute Gasteiger partial charge is 0.407 e. The maximum Gasteiger partial charge on any atom is 0.318 e. The summed E-state index contributed by atoms with van der Waals surface area (Å²) in [6.45, 7) is 2.10. The SMILES string of the molecule is Cl.NCc1nnc(N2CCCC(c3ccc(Cl)cc3)C2)o1. The minimum atomic E-state index is 0. The van der Waals surface area contributed by atoms with E-state index in [4.69, 9.17) is 21.8 Å². The van der Waals surface area contributed by atoms with Crippen molar-refractivity contribution < 1.29 is 4.42 Å². The molecule has 1 aliphatic heterocycles. The van der Waals surface area contributed by atoms with Gasteiger partial charge in [0.1, 0.15) is 0 Å². The van der Waals surface area contributed by atoms with Crippen molar-refractivity contribution in [2.75, 3.05) is 18.0 Å². The van der Waals surface area contributed by atoms with Gasteiger partial charge in [0.25, 0.3) is 0 Å². The van der Waals surface area contributed by atoms with Gasteiger partial charge in [-0.2, -0.15) is 0 Å². The first-order chi connectivity index (χ1) is 9.76. The third kappa shape index (κ3) is 3.67. The third-order valence-electron chi connectivity index (χ3n) is 3.66. The Morgan fingerprint density at radius 2 is 2.05 bits per heavy atom. The summed E-state index contributed by atoms with van der Waals surface area (Å²) in [5.74, 6) is 0.947. The van der Waals surface area contributed by atoms with Crippen LogP contribution in [0.4, 0.5) is 6.01 Å². The van der Waals surface area contributed by atoms with Gasteiger partial charge in [0.15, 0.2) is 0 Å². The van der Waals surface area contributed by atoms with Gasteiger partial charge in [-0.1, -0.05) is 28.8 Å². The summed E-state index contributed by atoms with van der Waals surface area (Å²) in [7, 11) is 0. The second-order valence-corrected chi connectivity index (χ2v) is 5.46. The zero-order valence-corrected chi connectivity index (χ0v) is 13.1. The molecule has 114 valence electrons. The third-order valence-corrected chi connectivity index (χ3v) is 3.92. The van der Waals surface area contributed by atoms with Gasteiger partial charge >= 0.3 is 6.01 Å². The summed E-state index contributed by atoms with van der Waals surface area (Å²) in [5, 5.41) is 8.75. The van der Waals surface area contributed by atoms with Crippen LogP contribution in [0.15, 0.2) is 28.7 Å². The summed E-state index contributed by atoms with van der Waals surface area (Å²) < 4.78 is 5.53. The van der Waals surface area contributed by atoms with Gasteiger partial charge in [-0.15, -0.1) is 17.5 Å². The Labute approximate surface area is 134 Å². The van der Waals surface area contributed by atoms with Gasteiger partial charge in [0.2, 0.25) is 5.89 Å². The van der Waals surface area contributed by atoms with E-state index < -0.39 is 0 Å². The van der Waals surface area contributed by atoms with Crippen LogP contribution in [0, 0.1) is 0 Å². The second kappa shape index (κ2) is 7.11. The molecule has 2 aromatic rings. The molecule has 1 unspecified atom stereocenters. The van der Waals surface area contributed by atoms with Gasteiger partial charge < -0.3 is 15.1 Å². The van der Waals surface area contributed by atoms with Crippen molar-refractivity contribution in [3.63, 3.8) is 0 Å². The van der Waals surface area contributed by atoms with Gasteiger partial charge in [-0.25, -0.2) is 0 Å². The number of hydrogen-bond donors (Lipinski definition) is 1. The summed E-state index contributed by atoms with van der Waals surface area (Å²) in [4.78, 5) is 2.13. The van der Waals surface area contributed by atoms with Crippen molar-refractivity contribution in [1.82, 2.24) is 10.2 Å². The monoisotopic (exact) mass is 328 g/mol. The Morgan fingerprint density at radius 3 is 2.71 bits per heavy atom. The topological polar surface area (TPSA) is 68.2 Å². The lowest BCUT2D eigenvalue weighted by Gasteiger charge is -2.31. The summed E-state index contributed by atoms with van der Waals surface area (Å²) in [6.07, 6.45) is 2.27. The second-order valence-electron chi connectivity index (χ2n) is 5.02. The maximum absolute atomic E-state index is 5.94. The van der Waals surface area contributed by atoms with Crippen molar-refractivity contribution in [3.8, 4) is 0 Å². The van der Waals surface area contributed by atoms with Crippen LogP contribution in [-0.2, 0) is 6.54 Å². The van der Waals surface area contributed by atoms with E-state index in [1.165, 1.54) is 5.56 Å². The van der Waals surface area contributed by atoms with Crippen LogP contribution in [0.3, 0.4) is 0 Å². The Hall–Kier alpha value is -1.30. The highest BCUT2D eigenvalue weighted by Crippen LogP contribution is 2.30. The summed E-state index contributed by atoms with van der Waals surface area (Å²) in [5.41, 5.74) is 6.80. The highest BCUT2D eigenvalue weighted by atomic mass is 35.5. The molecule has 2 N–H and O–H groups in total. The Bertz CT molecular complexity index is 573. The quantitative estimate of drug-likeness (QED) is 0.937. The van der Waals surface area contributed by atoms with Crippen molar-refractivity contribution in [1.29, 1.82) is 0 Å².